The molecule has 1 saturated heterocycles. The van der Waals surface area contributed by atoms with E-state index in [9.17, 15) is 0 Å². The SMILES string of the molecule is COc1ccc(CN2CCCC2(C)C)cc1Br. The number of hydrogen-bond acceptors (Lipinski definition) is 2. The normalized spacial score (nSPS) is 19.5. The van der Waals surface area contributed by atoms with Gasteiger partial charge in [-0.25, -0.2) is 0 Å². The number of hydrogen-bond donors (Lipinski definition) is 0. The van der Waals surface area contributed by atoms with Crippen molar-refractivity contribution in [2.24, 2.45) is 0 Å². The van der Waals surface area contributed by atoms with Gasteiger partial charge in [0, 0.05) is 12.1 Å². The van der Waals surface area contributed by atoms with E-state index in [0.29, 0.717) is 5.54 Å². The molecule has 3 heteroatoms. The topological polar surface area (TPSA) is 12.5 Å². The second-order valence-corrected chi connectivity index (χ2v) is 6.16. The Morgan fingerprint density at radius 2 is 2.18 bits per heavy atom. The molecule has 2 nitrogen and oxygen atoms in total. The molecule has 0 radical (unpaired) electrons. The Balaban J connectivity index is 2.11. The van der Waals surface area contributed by atoms with Crippen LogP contribution in [0.5, 0.6) is 5.75 Å². The molecule has 1 heterocycles. The molecule has 1 aliphatic heterocycles. The van der Waals surface area contributed by atoms with Crippen LogP contribution in [0.4, 0.5) is 0 Å². The minimum Gasteiger partial charge on any atom is -0.496 e. The van der Waals surface area contributed by atoms with Crippen molar-refractivity contribution in [1.29, 1.82) is 0 Å². The number of likely N-dealkylation sites (tertiary alicyclic amines) is 1. The van der Waals surface area contributed by atoms with Crippen LogP contribution in [0.2, 0.25) is 0 Å². The molecular weight excluding hydrogens is 278 g/mol. The average molecular weight is 298 g/mol. The molecular formula is C14H20BrNO. The van der Waals surface area contributed by atoms with E-state index in [1.807, 2.05) is 6.07 Å². The highest BCUT2D eigenvalue weighted by atomic mass is 79.9. The molecule has 1 aliphatic rings. The fourth-order valence-corrected chi connectivity index (χ4v) is 3.07. The first-order chi connectivity index (χ1) is 8.03. The van der Waals surface area contributed by atoms with Gasteiger partial charge in [0.1, 0.15) is 5.75 Å². The number of halogens is 1. The highest BCUT2D eigenvalue weighted by molar-refractivity contribution is 9.10. The van der Waals surface area contributed by atoms with Crippen molar-refractivity contribution < 1.29 is 4.74 Å². The van der Waals surface area contributed by atoms with Gasteiger partial charge in [0.15, 0.2) is 0 Å². The molecule has 1 aromatic rings. The van der Waals surface area contributed by atoms with Crippen LogP contribution in [0, 0.1) is 0 Å². The summed E-state index contributed by atoms with van der Waals surface area (Å²) in [6, 6.07) is 6.34. The first-order valence-corrected chi connectivity index (χ1v) is 6.90. The third-order valence-corrected chi connectivity index (χ3v) is 4.28. The Hall–Kier alpha value is -0.540. The fraction of sp³-hybridized carbons (Fsp3) is 0.571. The molecule has 1 fully saturated rings. The number of methoxy groups -OCH3 is 1. The van der Waals surface area contributed by atoms with E-state index in [-0.39, 0.29) is 0 Å². The highest BCUT2D eigenvalue weighted by Gasteiger charge is 2.31. The Bertz CT molecular complexity index is 403. The molecule has 0 bridgehead atoms. The predicted octanol–water partition coefficient (Wildman–Crippen LogP) is 3.83. The van der Waals surface area contributed by atoms with Gasteiger partial charge in [0.05, 0.1) is 11.6 Å². The van der Waals surface area contributed by atoms with Crippen molar-refractivity contribution in [2.75, 3.05) is 13.7 Å². The molecule has 2 rings (SSSR count). The third kappa shape index (κ3) is 2.83. The molecule has 0 aromatic heterocycles. The van der Waals surface area contributed by atoms with Crippen molar-refractivity contribution in [3.63, 3.8) is 0 Å². The summed E-state index contributed by atoms with van der Waals surface area (Å²) in [5.74, 6) is 0.898. The number of benzene rings is 1. The summed E-state index contributed by atoms with van der Waals surface area (Å²) < 4.78 is 6.29. The number of nitrogens with zero attached hydrogens (tertiary/aromatic N) is 1. The maximum absolute atomic E-state index is 5.25. The molecule has 0 atom stereocenters. The van der Waals surface area contributed by atoms with Gasteiger partial charge in [0.2, 0.25) is 0 Å². The summed E-state index contributed by atoms with van der Waals surface area (Å²) >= 11 is 3.54. The summed E-state index contributed by atoms with van der Waals surface area (Å²) in [6.07, 6.45) is 2.61. The number of ether oxygens (including phenoxy) is 1. The van der Waals surface area contributed by atoms with Crippen LogP contribution in [0.1, 0.15) is 32.3 Å². The maximum atomic E-state index is 5.25. The average Bonchev–Trinajstić information content (AvgIpc) is 2.59. The first kappa shape index (κ1) is 12.9. The van der Waals surface area contributed by atoms with Gasteiger partial charge < -0.3 is 4.74 Å². The summed E-state index contributed by atoms with van der Waals surface area (Å²) in [5.41, 5.74) is 1.68. The Morgan fingerprint density at radius 1 is 1.41 bits per heavy atom. The molecule has 0 N–H and O–H groups in total. The van der Waals surface area contributed by atoms with Crippen LogP contribution in [0.25, 0.3) is 0 Å². The van der Waals surface area contributed by atoms with E-state index in [2.05, 4.69) is 46.8 Å². The molecule has 0 aliphatic carbocycles. The lowest BCUT2D eigenvalue weighted by atomic mass is 10.0. The predicted molar refractivity (Wildman–Crippen MR) is 74.4 cm³/mol. The van der Waals surface area contributed by atoms with Crippen LogP contribution in [-0.4, -0.2) is 24.1 Å². The summed E-state index contributed by atoms with van der Waals surface area (Å²) in [6.45, 7) is 6.89. The fourth-order valence-electron chi connectivity index (χ4n) is 2.49. The lowest BCUT2D eigenvalue weighted by Crippen LogP contribution is -2.37. The van der Waals surface area contributed by atoms with Crippen molar-refractivity contribution in [2.45, 2.75) is 38.8 Å². The van der Waals surface area contributed by atoms with E-state index in [1.165, 1.54) is 24.9 Å². The zero-order valence-corrected chi connectivity index (χ0v) is 12.4. The maximum Gasteiger partial charge on any atom is 0.133 e. The van der Waals surface area contributed by atoms with Gasteiger partial charge in [-0.3, -0.25) is 4.90 Å². The van der Waals surface area contributed by atoms with E-state index >= 15 is 0 Å². The monoisotopic (exact) mass is 297 g/mol. The van der Waals surface area contributed by atoms with Gasteiger partial charge in [-0.05, 0) is 66.9 Å². The molecule has 0 saturated carbocycles. The van der Waals surface area contributed by atoms with Gasteiger partial charge in [-0.2, -0.15) is 0 Å². The third-order valence-electron chi connectivity index (χ3n) is 3.66. The van der Waals surface area contributed by atoms with Crippen LogP contribution >= 0.6 is 15.9 Å². The van der Waals surface area contributed by atoms with Crippen molar-refractivity contribution in [1.82, 2.24) is 4.90 Å². The Labute approximate surface area is 112 Å². The Morgan fingerprint density at radius 3 is 2.71 bits per heavy atom. The largest absolute Gasteiger partial charge is 0.496 e. The highest BCUT2D eigenvalue weighted by Crippen LogP contribution is 2.31. The zero-order valence-electron chi connectivity index (χ0n) is 10.8. The molecule has 0 unspecified atom stereocenters. The molecule has 0 amide bonds. The van der Waals surface area contributed by atoms with E-state index < -0.39 is 0 Å². The van der Waals surface area contributed by atoms with Gasteiger partial charge in [-0.15, -0.1) is 0 Å². The van der Waals surface area contributed by atoms with Crippen LogP contribution in [-0.2, 0) is 6.54 Å². The van der Waals surface area contributed by atoms with E-state index in [0.717, 1.165) is 16.8 Å². The van der Waals surface area contributed by atoms with Gasteiger partial charge >= 0.3 is 0 Å². The van der Waals surface area contributed by atoms with E-state index in [4.69, 9.17) is 4.74 Å². The van der Waals surface area contributed by atoms with Crippen LogP contribution in [0.15, 0.2) is 22.7 Å². The summed E-state index contributed by atoms with van der Waals surface area (Å²) in [5, 5.41) is 0. The van der Waals surface area contributed by atoms with Crippen molar-refractivity contribution in [3.05, 3.63) is 28.2 Å². The minimum atomic E-state index is 0.340. The van der Waals surface area contributed by atoms with Crippen LogP contribution in [0.3, 0.4) is 0 Å². The molecule has 0 spiro atoms. The minimum absolute atomic E-state index is 0.340. The molecule has 17 heavy (non-hydrogen) atoms. The summed E-state index contributed by atoms with van der Waals surface area (Å²) in [7, 11) is 1.70. The zero-order chi connectivity index (χ0) is 12.5. The second-order valence-electron chi connectivity index (χ2n) is 5.31. The Kier molecular flexibility index (Phi) is 3.79. The van der Waals surface area contributed by atoms with Gasteiger partial charge in [0.25, 0.3) is 0 Å². The second kappa shape index (κ2) is 4.99. The summed E-state index contributed by atoms with van der Waals surface area (Å²) in [4.78, 5) is 2.56. The van der Waals surface area contributed by atoms with Crippen molar-refractivity contribution >= 4 is 15.9 Å². The number of rotatable bonds is 3. The van der Waals surface area contributed by atoms with E-state index in [1.54, 1.807) is 7.11 Å². The standard InChI is InChI=1S/C14H20BrNO/c1-14(2)7-4-8-16(14)10-11-5-6-13(17-3)12(15)9-11/h5-6,9H,4,7-8,10H2,1-3H3. The van der Waals surface area contributed by atoms with Crippen LogP contribution < -0.4 is 4.74 Å². The quantitative estimate of drug-likeness (QED) is 0.841. The van der Waals surface area contributed by atoms with Crippen molar-refractivity contribution in [3.8, 4) is 5.75 Å². The van der Waals surface area contributed by atoms with Gasteiger partial charge in [-0.1, -0.05) is 6.07 Å². The lowest BCUT2D eigenvalue weighted by Gasteiger charge is -2.31. The lowest BCUT2D eigenvalue weighted by molar-refractivity contribution is 0.166. The molecule has 1 aromatic carbocycles. The first-order valence-electron chi connectivity index (χ1n) is 6.10. The molecule has 94 valence electrons. The smallest absolute Gasteiger partial charge is 0.133 e.